The number of aliphatic carboxylic acids is 1. The molecule has 2 amide bonds. The van der Waals surface area contributed by atoms with Crippen LogP contribution in [0, 0.1) is 23.2 Å². The van der Waals surface area contributed by atoms with Crippen molar-refractivity contribution in [2.24, 2.45) is 23.2 Å². The Hall–Kier alpha value is -2.77. The molecule has 0 bridgehead atoms. The second-order valence-corrected chi connectivity index (χ2v) is 10.2. The molecule has 0 radical (unpaired) electrons. The van der Waals surface area contributed by atoms with Crippen LogP contribution in [0.25, 0.3) is 0 Å². The second-order valence-electron chi connectivity index (χ2n) is 10.2. The second kappa shape index (κ2) is 10.0. The van der Waals surface area contributed by atoms with Crippen molar-refractivity contribution in [3.8, 4) is 11.5 Å². The summed E-state index contributed by atoms with van der Waals surface area (Å²) in [7, 11) is 3.22. The highest BCUT2D eigenvalue weighted by molar-refractivity contribution is 5.80. The number of hydrogen-bond donors (Lipinski definition) is 2. The molecule has 1 saturated carbocycles. The molecule has 8 nitrogen and oxygen atoms in total. The highest BCUT2D eigenvalue weighted by atomic mass is 16.5. The molecule has 1 aromatic rings. The van der Waals surface area contributed by atoms with Crippen molar-refractivity contribution < 1.29 is 29.0 Å². The summed E-state index contributed by atoms with van der Waals surface area (Å²) in [5, 5.41) is 12.0. The van der Waals surface area contributed by atoms with Crippen LogP contribution in [0.1, 0.15) is 52.0 Å². The molecule has 2 aliphatic rings. The third kappa shape index (κ3) is 5.78. The molecule has 0 aromatic heterocycles. The van der Waals surface area contributed by atoms with Crippen molar-refractivity contribution in [1.29, 1.82) is 0 Å². The smallest absolute Gasteiger partial charge is 0.303 e. The molecule has 1 aliphatic carbocycles. The van der Waals surface area contributed by atoms with Crippen LogP contribution in [-0.2, 0) is 20.9 Å². The fourth-order valence-electron chi connectivity index (χ4n) is 5.51. The average molecular weight is 461 g/mol. The van der Waals surface area contributed by atoms with E-state index in [1.807, 2.05) is 23.1 Å². The van der Waals surface area contributed by atoms with Crippen molar-refractivity contribution in [3.05, 3.63) is 23.8 Å². The lowest BCUT2D eigenvalue weighted by atomic mass is 9.85. The number of carbonyl (C=O) groups excluding carboxylic acids is 2. The van der Waals surface area contributed by atoms with Crippen LogP contribution in [-0.4, -0.2) is 54.6 Å². The van der Waals surface area contributed by atoms with E-state index in [-0.39, 0.29) is 42.5 Å². The van der Waals surface area contributed by atoms with Crippen LogP contribution >= 0.6 is 0 Å². The summed E-state index contributed by atoms with van der Waals surface area (Å²) in [5.74, 6) is 1.29. The standard InChI is InChI=1S/C25H36N2O6/c1-15-8-20-18(19(15)13-26-22(28)11-25(2,3)12-24(30)31)10-23(29)27(20)14-16-6-7-17(32-4)9-21(16)33-5/h6-7,9,15,18-20H,8,10-14H2,1-5H3,(H,26,28)(H,30,31)/t15-,18-,19+,20+/m0/s1. The van der Waals surface area contributed by atoms with Crippen molar-refractivity contribution in [2.75, 3.05) is 20.8 Å². The molecular formula is C25H36N2O6. The number of carboxylic acid groups (broad SMARTS) is 1. The van der Waals surface area contributed by atoms with Gasteiger partial charge in [0.15, 0.2) is 0 Å². The van der Waals surface area contributed by atoms with Crippen LogP contribution in [0.5, 0.6) is 11.5 Å². The number of hydrogen-bond acceptors (Lipinski definition) is 5. The minimum absolute atomic E-state index is 0.0523. The van der Waals surface area contributed by atoms with Gasteiger partial charge in [-0.2, -0.15) is 0 Å². The Labute approximate surface area is 195 Å². The van der Waals surface area contributed by atoms with E-state index in [1.54, 1.807) is 28.1 Å². The topological polar surface area (TPSA) is 105 Å². The zero-order valence-corrected chi connectivity index (χ0v) is 20.2. The van der Waals surface area contributed by atoms with E-state index in [4.69, 9.17) is 14.6 Å². The van der Waals surface area contributed by atoms with Gasteiger partial charge < -0.3 is 24.8 Å². The van der Waals surface area contributed by atoms with Crippen molar-refractivity contribution >= 4 is 17.8 Å². The molecular weight excluding hydrogens is 424 g/mol. The number of likely N-dealkylation sites (tertiary alicyclic amines) is 1. The summed E-state index contributed by atoms with van der Waals surface area (Å²) in [6.07, 6.45) is 1.50. The highest BCUT2D eigenvalue weighted by Gasteiger charge is 2.50. The SMILES string of the molecule is COc1ccc(CN2C(=O)C[C@H]3[C@H](CNC(=O)CC(C)(C)CC(=O)O)[C@@H](C)C[C@H]32)c(OC)c1. The Bertz CT molecular complexity index is 899. The first-order valence-corrected chi connectivity index (χ1v) is 11.5. The third-order valence-corrected chi connectivity index (χ3v) is 7.16. The Kier molecular flexibility index (Phi) is 7.55. The lowest BCUT2D eigenvalue weighted by Crippen LogP contribution is -2.36. The van der Waals surface area contributed by atoms with Gasteiger partial charge in [0.2, 0.25) is 11.8 Å². The lowest BCUT2D eigenvalue weighted by molar-refractivity contribution is -0.139. The van der Waals surface area contributed by atoms with E-state index < -0.39 is 11.4 Å². The van der Waals surface area contributed by atoms with Gasteiger partial charge in [-0.05, 0) is 41.7 Å². The van der Waals surface area contributed by atoms with Gasteiger partial charge in [-0.1, -0.05) is 20.8 Å². The quantitative estimate of drug-likeness (QED) is 0.556. The number of nitrogens with zero attached hydrogens (tertiary/aromatic N) is 1. The normalized spacial score (nSPS) is 24.5. The molecule has 1 heterocycles. The molecule has 2 N–H and O–H groups in total. The van der Waals surface area contributed by atoms with Gasteiger partial charge in [-0.15, -0.1) is 0 Å². The highest BCUT2D eigenvalue weighted by Crippen LogP contribution is 2.46. The molecule has 33 heavy (non-hydrogen) atoms. The fraction of sp³-hybridized carbons (Fsp3) is 0.640. The number of benzene rings is 1. The summed E-state index contributed by atoms with van der Waals surface area (Å²) in [5.41, 5.74) is 0.342. The molecule has 0 spiro atoms. The van der Waals surface area contributed by atoms with Crippen molar-refractivity contribution in [2.45, 2.75) is 59.0 Å². The van der Waals surface area contributed by atoms with E-state index in [1.165, 1.54) is 0 Å². The monoisotopic (exact) mass is 460 g/mol. The summed E-state index contributed by atoms with van der Waals surface area (Å²) in [6, 6.07) is 5.78. The molecule has 1 aliphatic heterocycles. The lowest BCUT2D eigenvalue weighted by Gasteiger charge is -2.26. The van der Waals surface area contributed by atoms with Gasteiger partial charge in [0.1, 0.15) is 11.5 Å². The van der Waals surface area contributed by atoms with E-state index in [0.29, 0.717) is 36.9 Å². The Morgan fingerprint density at radius 1 is 1.21 bits per heavy atom. The maximum absolute atomic E-state index is 12.9. The van der Waals surface area contributed by atoms with Crippen LogP contribution in [0.3, 0.4) is 0 Å². The van der Waals surface area contributed by atoms with E-state index in [2.05, 4.69) is 12.2 Å². The molecule has 2 fully saturated rings. The zero-order valence-electron chi connectivity index (χ0n) is 20.2. The van der Waals surface area contributed by atoms with Crippen LogP contribution in [0.2, 0.25) is 0 Å². The Morgan fingerprint density at radius 2 is 1.94 bits per heavy atom. The predicted molar refractivity (Wildman–Crippen MR) is 123 cm³/mol. The Morgan fingerprint density at radius 3 is 2.58 bits per heavy atom. The molecule has 1 saturated heterocycles. The predicted octanol–water partition coefficient (Wildman–Crippen LogP) is 3.08. The fourth-order valence-corrected chi connectivity index (χ4v) is 5.51. The maximum atomic E-state index is 12.9. The van der Waals surface area contributed by atoms with Gasteiger partial charge >= 0.3 is 5.97 Å². The molecule has 3 rings (SSSR count). The van der Waals surface area contributed by atoms with Crippen molar-refractivity contribution in [3.63, 3.8) is 0 Å². The third-order valence-electron chi connectivity index (χ3n) is 7.16. The first-order valence-electron chi connectivity index (χ1n) is 11.5. The number of carboxylic acids is 1. The summed E-state index contributed by atoms with van der Waals surface area (Å²) >= 11 is 0. The molecule has 8 heteroatoms. The number of amides is 2. The molecule has 4 atom stereocenters. The minimum Gasteiger partial charge on any atom is -0.497 e. The van der Waals surface area contributed by atoms with Crippen molar-refractivity contribution in [1.82, 2.24) is 10.2 Å². The van der Waals surface area contributed by atoms with E-state index in [9.17, 15) is 14.4 Å². The molecule has 0 unspecified atom stereocenters. The summed E-state index contributed by atoms with van der Waals surface area (Å²) in [6.45, 7) is 6.76. The van der Waals surface area contributed by atoms with Crippen LogP contribution in [0.15, 0.2) is 18.2 Å². The maximum Gasteiger partial charge on any atom is 0.303 e. The van der Waals surface area contributed by atoms with Gasteiger partial charge in [-0.25, -0.2) is 0 Å². The number of methoxy groups -OCH3 is 2. The largest absolute Gasteiger partial charge is 0.497 e. The van der Waals surface area contributed by atoms with Crippen LogP contribution < -0.4 is 14.8 Å². The number of ether oxygens (including phenoxy) is 2. The van der Waals surface area contributed by atoms with Gasteiger partial charge in [0.25, 0.3) is 0 Å². The number of rotatable bonds is 10. The number of fused-ring (bicyclic) bond motifs is 1. The summed E-state index contributed by atoms with van der Waals surface area (Å²) in [4.78, 5) is 38.4. The van der Waals surface area contributed by atoms with Gasteiger partial charge in [-0.3, -0.25) is 14.4 Å². The van der Waals surface area contributed by atoms with E-state index in [0.717, 1.165) is 12.0 Å². The first kappa shape index (κ1) is 24.9. The van der Waals surface area contributed by atoms with E-state index >= 15 is 0 Å². The number of nitrogens with one attached hydrogen (secondary N) is 1. The Balaban J connectivity index is 1.63. The summed E-state index contributed by atoms with van der Waals surface area (Å²) < 4.78 is 10.8. The first-order chi connectivity index (χ1) is 15.5. The van der Waals surface area contributed by atoms with Gasteiger partial charge in [0.05, 0.1) is 20.6 Å². The molecule has 182 valence electrons. The average Bonchev–Trinajstić information content (AvgIpc) is 3.18. The zero-order chi connectivity index (χ0) is 24.3. The molecule has 1 aromatic carbocycles. The minimum atomic E-state index is -0.905. The van der Waals surface area contributed by atoms with Crippen LogP contribution in [0.4, 0.5) is 0 Å². The van der Waals surface area contributed by atoms with Gasteiger partial charge in [0, 0.05) is 43.6 Å². The number of carbonyl (C=O) groups is 3.